The van der Waals surface area contributed by atoms with Crippen molar-refractivity contribution in [2.45, 2.75) is 43.9 Å². The highest BCUT2D eigenvalue weighted by Gasteiger charge is 2.48. The number of pyridine rings is 1. The molecule has 5 heterocycles. The highest BCUT2D eigenvalue weighted by atomic mass is 35.5. The molecule has 0 aromatic carbocycles. The minimum absolute atomic E-state index is 0.243. The predicted octanol–water partition coefficient (Wildman–Crippen LogP) is 1.36. The van der Waals surface area contributed by atoms with Gasteiger partial charge in [0.25, 0.3) is 6.01 Å². The van der Waals surface area contributed by atoms with Crippen molar-refractivity contribution in [3.05, 3.63) is 29.0 Å². The van der Waals surface area contributed by atoms with Gasteiger partial charge in [0.05, 0.1) is 36.0 Å². The van der Waals surface area contributed by atoms with Gasteiger partial charge in [0.15, 0.2) is 11.8 Å². The molecule has 0 saturated carbocycles. The largest absolute Gasteiger partial charge is 0.456 e. The van der Waals surface area contributed by atoms with E-state index in [1.807, 2.05) is 10.7 Å². The normalized spacial score (nSPS) is 24.8. The Morgan fingerprint density at radius 1 is 1.31 bits per heavy atom. The average molecular weight is 465 g/mol. The second-order valence-electron chi connectivity index (χ2n) is 7.80. The van der Waals surface area contributed by atoms with Crippen LogP contribution in [0.2, 0.25) is 5.02 Å². The van der Waals surface area contributed by atoms with E-state index < -0.39 is 6.10 Å². The number of nitrogens with one attached hydrogen (secondary N) is 2. The van der Waals surface area contributed by atoms with Gasteiger partial charge < -0.3 is 34.4 Å². The first-order chi connectivity index (χ1) is 15.6. The van der Waals surface area contributed by atoms with E-state index in [1.54, 1.807) is 19.4 Å². The maximum absolute atomic E-state index is 9.88. The molecule has 1 unspecified atom stereocenters. The zero-order valence-corrected chi connectivity index (χ0v) is 18.3. The quantitative estimate of drug-likeness (QED) is 0.402. The maximum Gasteiger partial charge on any atom is 0.296 e. The Morgan fingerprint density at radius 2 is 2.19 bits per heavy atom. The molecule has 2 saturated heterocycles. The van der Waals surface area contributed by atoms with Gasteiger partial charge in [0.2, 0.25) is 0 Å². The van der Waals surface area contributed by atoms with Gasteiger partial charge in [-0.05, 0) is 18.6 Å². The predicted molar refractivity (Wildman–Crippen MR) is 115 cm³/mol. The Bertz CT molecular complexity index is 1070. The fourth-order valence-corrected chi connectivity index (χ4v) is 4.23. The number of aromatic nitrogens is 5. The lowest BCUT2D eigenvalue weighted by molar-refractivity contribution is 0.00706. The van der Waals surface area contributed by atoms with Gasteiger partial charge in [-0.3, -0.25) is 4.68 Å². The summed E-state index contributed by atoms with van der Waals surface area (Å²) < 4.78 is 24.1. The maximum atomic E-state index is 9.88. The lowest BCUT2D eigenvalue weighted by Gasteiger charge is -2.15. The molecule has 0 bridgehead atoms. The zero-order valence-electron chi connectivity index (χ0n) is 17.5. The minimum Gasteiger partial charge on any atom is -0.456 e. The first-order valence-electron chi connectivity index (χ1n) is 10.5. The third kappa shape index (κ3) is 4.26. The smallest absolute Gasteiger partial charge is 0.296 e. The number of fused-ring (bicyclic) bond motifs is 2. The topological polar surface area (TPSA) is 129 Å². The molecule has 3 aromatic heterocycles. The van der Waals surface area contributed by atoms with Crippen molar-refractivity contribution in [3.63, 3.8) is 0 Å². The lowest BCUT2D eigenvalue weighted by atomic mass is 10.1. The molecule has 2 aliphatic heterocycles. The summed E-state index contributed by atoms with van der Waals surface area (Å²) in [6, 6.07) is 4.01. The first-order valence-corrected chi connectivity index (χ1v) is 10.9. The van der Waals surface area contributed by atoms with Crippen LogP contribution in [-0.4, -0.2) is 81.2 Å². The van der Waals surface area contributed by atoms with Crippen LogP contribution in [0.1, 0.15) is 12.1 Å². The molecule has 0 spiro atoms. The number of methoxy groups -OCH3 is 1. The van der Waals surface area contributed by atoms with E-state index in [9.17, 15) is 5.11 Å². The number of anilines is 1. The van der Waals surface area contributed by atoms with E-state index in [4.69, 9.17) is 30.5 Å². The van der Waals surface area contributed by atoms with Gasteiger partial charge >= 0.3 is 0 Å². The van der Waals surface area contributed by atoms with E-state index in [0.717, 1.165) is 18.7 Å². The average Bonchev–Trinajstić information content (AvgIpc) is 3.54. The van der Waals surface area contributed by atoms with Crippen LogP contribution in [0, 0.1) is 0 Å². The molecule has 0 amide bonds. The molecule has 12 heteroatoms. The molecule has 2 fully saturated rings. The zero-order chi connectivity index (χ0) is 22.1. The standard InChI is InChI=1S/C20H25ClN6O5/c1-29-6-2-5-27-11(3-4-23-27)8-22-18-12(21)7-13-19(25-18)26-20(24-13)32-15-10-31-16-14(28)9-30-17(15)16/h3-4,7,14-17,28H,2,5-6,8-10H2,1H3,(H2,22,24,25,26)/t14-,15-,16?,17-/m1/s1. The number of aryl methyl sites for hydroxylation is 1. The number of halogens is 1. The number of aromatic amines is 1. The number of nitrogens with zero attached hydrogens (tertiary/aromatic N) is 4. The summed E-state index contributed by atoms with van der Waals surface area (Å²) >= 11 is 6.43. The number of H-pyrrole nitrogens is 1. The van der Waals surface area contributed by atoms with Crippen LogP contribution >= 0.6 is 11.6 Å². The van der Waals surface area contributed by atoms with E-state index >= 15 is 0 Å². The Balaban J connectivity index is 1.26. The second-order valence-corrected chi connectivity index (χ2v) is 8.20. The van der Waals surface area contributed by atoms with E-state index in [-0.39, 0.29) is 24.9 Å². The molecule has 0 aliphatic carbocycles. The summed E-state index contributed by atoms with van der Waals surface area (Å²) in [5, 5.41) is 17.9. The molecular formula is C20H25ClN6O5. The SMILES string of the molecule is COCCCn1nccc1CNc1nc2nc(O[C@@H]3COC4[C@H](O)CO[C@@H]43)[nH]c2cc1Cl. The molecule has 172 valence electrons. The van der Waals surface area contributed by atoms with Gasteiger partial charge in [0.1, 0.15) is 24.1 Å². The number of imidazole rings is 1. The van der Waals surface area contributed by atoms with Crippen molar-refractivity contribution in [1.82, 2.24) is 24.7 Å². The molecule has 0 radical (unpaired) electrons. The van der Waals surface area contributed by atoms with E-state index in [1.165, 1.54) is 0 Å². The number of aliphatic hydroxyl groups excluding tert-OH is 1. The molecule has 4 atom stereocenters. The number of hydrogen-bond donors (Lipinski definition) is 3. The first kappa shape index (κ1) is 21.4. The number of hydrogen-bond acceptors (Lipinski definition) is 9. The van der Waals surface area contributed by atoms with Gasteiger partial charge in [-0.25, -0.2) is 4.98 Å². The summed E-state index contributed by atoms with van der Waals surface area (Å²) in [7, 11) is 1.69. The molecule has 3 aromatic rings. The fourth-order valence-electron chi connectivity index (χ4n) is 4.01. The van der Waals surface area contributed by atoms with Gasteiger partial charge in [-0.15, -0.1) is 0 Å². The highest BCUT2D eigenvalue weighted by Crippen LogP contribution is 2.30. The van der Waals surface area contributed by atoms with Crippen LogP contribution in [0.25, 0.3) is 11.2 Å². The summed E-state index contributed by atoms with van der Waals surface area (Å²) in [6.45, 7) is 2.53. The van der Waals surface area contributed by atoms with Gasteiger partial charge in [0, 0.05) is 26.5 Å². The Hall–Kier alpha value is -2.44. The van der Waals surface area contributed by atoms with Crippen molar-refractivity contribution in [1.29, 1.82) is 0 Å². The molecule has 11 nitrogen and oxygen atoms in total. The second kappa shape index (κ2) is 9.20. The van der Waals surface area contributed by atoms with Gasteiger partial charge in [-0.1, -0.05) is 11.6 Å². The van der Waals surface area contributed by atoms with Crippen LogP contribution in [0.3, 0.4) is 0 Å². The molecule has 32 heavy (non-hydrogen) atoms. The van der Waals surface area contributed by atoms with E-state index in [0.29, 0.717) is 47.8 Å². The van der Waals surface area contributed by atoms with Crippen molar-refractivity contribution in [2.24, 2.45) is 0 Å². The number of aliphatic hydroxyl groups is 1. The third-order valence-corrected chi connectivity index (χ3v) is 5.90. The van der Waals surface area contributed by atoms with E-state index in [2.05, 4.69) is 25.4 Å². The van der Waals surface area contributed by atoms with Crippen molar-refractivity contribution in [3.8, 4) is 6.01 Å². The third-order valence-electron chi connectivity index (χ3n) is 5.61. The van der Waals surface area contributed by atoms with Crippen molar-refractivity contribution >= 4 is 28.6 Å². The summed E-state index contributed by atoms with van der Waals surface area (Å²) in [5.74, 6) is 0.522. The Labute approximate surface area is 189 Å². The Morgan fingerprint density at radius 3 is 3.06 bits per heavy atom. The van der Waals surface area contributed by atoms with Crippen molar-refractivity contribution in [2.75, 3.05) is 32.2 Å². The highest BCUT2D eigenvalue weighted by molar-refractivity contribution is 6.33. The summed E-state index contributed by atoms with van der Waals surface area (Å²) in [4.78, 5) is 12.0. The van der Waals surface area contributed by atoms with Crippen molar-refractivity contribution < 1.29 is 24.1 Å². The van der Waals surface area contributed by atoms with Crippen LogP contribution in [-0.2, 0) is 27.3 Å². The molecule has 2 aliphatic rings. The fraction of sp³-hybridized carbons (Fsp3) is 0.550. The molecular weight excluding hydrogens is 440 g/mol. The van der Waals surface area contributed by atoms with Crippen LogP contribution in [0.5, 0.6) is 6.01 Å². The van der Waals surface area contributed by atoms with Gasteiger partial charge in [-0.2, -0.15) is 10.1 Å². The summed E-state index contributed by atoms with van der Waals surface area (Å²) in [6.07, 6.45) is 0.975. The van der Waals surface area contributed by atoms with Crippen LogP contribution < -0.4 is 10.1 Å². The molecule has 3 N–H and O–H groups in total. The summed E-state index contributed by atoms with van der Waals surface area (Å²) in [5.41, 5.74) is 2.14. The minimum atomic E-state index is -0.630. The number of ether oxygens (including phenoxy) is 4. The Kier molecular flexibility index (Phi) is 6.15. The van der Waals surface area contributed by atoms with Crippen LogP contribution in [0.15, 0.2) is 18.3 Å². The monoisotopic (exact) mass is 464 g/mol. The molecule has 5 rings (SSSR count). The lowest BCUT2D eigenvalue weighted by Crippen LogP contribution is -2.34. The number of rotatable bonds is 9. The van der Waals surface area contributed by atoms with Crippen LogP contribution in [0.4, 0.5) is 5.82 Å².